The van der Waals surface area contributed by atoms with Crippen LogP contribution in [0, 0.1) is 0 Å². The molecule has 1 N–H and O–H groups in total. The molecule has 0 aliphatic heterocycles. The Balaban J connectivity index is 1.54. The van der Waals surface area contributed by atoms with Gasteiger partial charge in [-0.1, -0.05) is 18.2 Å². The second kappa shape index (κ2) is 6.61. The van der Waals surface area contributed by atoms with Gasteiger partial charge in [0.05, 0.1) is 7.11 Å². The molecule has 0 unspecified atom stereocenters. The molecule has 26 heavy (non-hydrogen) atoms. The van der Waals surface area contributed by atoms with Crippen LogP contribution in [0.4, 0.5) is 0 Å². The average molecular weight is 365 g/mol. The number of fused-ring (bicyclic) bond motifs is 2. The predicted octanol–water partition coefficient (Wildman–Crippen LogP) is 2.85. The van der Waals surface area contributed by atoms with Gasteiger partial charge < -0.3 is 10.1 Å². The molecular weight excluding hydrogens is 350 g/mol. The molecule has 1 amide bonds. The summed E-state index contributed by atoms with van der Waals surface area (Å²) in [6.45, 7) is 0.326. The molecule has 0 saturated heterocycles. The van der Waals surface area contributed by atoms with E-state index in [1.165, 1.54) is 21.9 Å². The van der Waals surface area contributed by atoms with E-state index in [4.69, 9.17) is 4.74 Å². The lowest BCUT2D eigenvalue weighted by Gasteiger charge is -2.07. The standard InChI is InChI=1S/C19H15N3O3S/c1-25-15-5-4-13-8-12(2-3-14(13)9-15)10-20-17(23)16-11-21-19-22(18(16)24)6-7-26-19/h2-9,11H,10H2,1H3,(H,20,23). The van der Waals surface area contributed by atoms with Gasteiger partial charge in [-0.25, -0.2) is 4.98 Å². The molecule has 4 rings (SSSR count). The van der Waals surface area contributed by atoms with Crippen molar-refractivity contribution in [1.82, 2.24) is 14.7 Å². The zero-order valence-corrected chi connectivity index (χ0v) is 14.7. The summed E-state index contributed by atoms with van der Waals surface area (Å²) in [5.41, 5.74) is 0.617. The second-order valence-corrected chi connectivity index (χ2v) is 6.64. The van der Waals surface area contributed by atoms with Crippen molar-refractivity contribution in [2.45, 2.75) is 6.54 Å². The normalized spacial score (nSPS) is 11.0. The molecule has 0 fully saturated rings. The predicted molar refractivity (Wildman–Crippen MR) is 101 cm³/mol. The van der Waals surface area contributed by atoms with Crippen LogP contribution in [0.25, 0.3) is 15.7 Å². The summed E-state index contributed by atoms with van der Waals surface area (Å²) in [7, 11) is 1.63. The van der Waals surface area contributed by atoms with E-state index in [1.54, 1.807) is 18.7 Å². The second-order valence-electron chi connectivity index (χ2n) is 5.76. The Morgan fingerprint density at radius 1 is 1.23 bits per heavy atom. The third kappa shape index (κ3) is 2.93. The van der Waals surface area contributed by atoms with Crippen LogP contribution in [-0.4, -0.2) is 22.4 Å². The lowest BCUT2D eigenvalue weighted by atomic mass is 10.1. The first-order chi connectivity index (χ1) is 12.7. The molecule has 4 aromatic rings. The molecule has 0 aliphatic rings. The van der Waals surface area contributed by atoms with Crippen molar-refractivity contribution in [3.63, 3.8) is 0 Å². The summed E-state index contributed by atoms with van der Waals surface area (Å²) in [4.78, 5) is 29.4. The summed E-state index contributed by atoms with van der Waals surface area (Å²) in [5.74, 6) is 0.369. The van der Waals surface area contributed by atoms with Gasteiger partial charge in [0.25, 0.3) is 11.5 Å². The fourth-order valence-corrected chi connectivity index (χ4v) is 3.44. The Morgan fingerprint density at radius 3 is 2.88 bits per heavy atom. The highest BCUT2D eigenvalue weighted by molar-refractivity contribution is 7.15. The molecule has 6 nitrogen and oxygen atoms in total. The number of aromatic nitrogens is 2. The maximum absolute atomic E-state index is 12.4. The Morgan fingerprint density at radius 2 is 2.04 bits per heavy atom. The van der Waals surface area contributed by atoms with E-state index in [0.717, 1.165) is 22.1 Å². The highest BCUT2D eigenvalue weighted by Crippen LogP contribution is 2.21. The maximum atomic E-state index is 12.4. The summed E-state index contributed by atoms with van der Waals surface area (Å²) < 4.78 is 6.60. The van der Waals surface area contributed by atoms with Gasteiger partial charge in [0, 0.05) is 24.3 Å². The summed E-state index contributed by atoms with van der Waals surface area (Å²) in [6, 6.07) is 11.7. The largest absolute Gasteiger partial charge is 0.497 e. The van der Waals surface area contributed by atoms with Crippen molar-refractivity contribution in [3.05, 3.63) is 75.7 Å². The maximum Gasteiger partial charge on any atom is 0.271 e. The first-order valence-corrected chi connectivity index (χ1v) is 8.83. The molecule has 0 bridgehead atoms. The van der Waals surface area contributed by atoms with E-state index in [2.05, 4.69) is 10.3 Å². The van der Waals surface area contributed by atoms with Gasteiger partial charge in [-0.15, -0.1) is 11.3 Å². The van der Waals surface area contributed by atoms with E-state index >= 15 is 0 Å². The van der Waals surface area contributed by atoms with E-state index in [9.17, 15) is 9.59 Å². The number of carbonyl (C=O) groups excluding carboxylic acids is 1. The number of rotatable bonds is 4. The number of nitrogens with one attached hydrogen (secondary N) is 1. The van der Waals surface area contributed by atoms with Crippen molar-refractivity contribution in [2.75, 3.05) is 7.11 Å². The molecule has 2 aromatic carbocycles. The molecule has 2 aromatic heterocycles. The van der Waals surface area contributed by atoms with Crippen LogP contribution in [0.5, 0.6) is 5.75 Å². The molecule has 0 atom stereocenters. The van der Waals surface area contributed by atoms with E-state index in [0.29, 0.717) is 11.5 Å². The van der Waals surface area contributed by atoms with Crippen molar-refractivity contribution in [3.8, 4) is 5.75 Å². The summed E-state index contributed by atoms with van der Waals surface area (Å²) >= 11 is 1.35. The number of thiazole rings is 1. The Hall–Kier alpha value is -3.19. The quantitative estimate of drug-likeness (QED) is 0.604. The van der Waals surface area contributed by atoms with Crippen LogP contribution in [0.1, 0.15) is 15.9 Å². The van der Waals surface area contributed by atoms with Gasteiger partial charge >= 0.3 is 0 Å². The highest BCUT2D eigenvalue weighted by atomic mass is 32.1. The summed E-state index contributed by atoms with van der Waals surface area (Å²) in [6.07, 6.45) is 2.94. The number of amides is 1. The van der Waals surface area contributed by atoms with Crippen molar-refractivity contribution in [2.24, 2.45) is 0 Å². The number of methoxy groups -OCH3 is 1. The third-order valence-electron chi connectivity index (χ3n) is 4.15. The van der Waals surface area contributed by atoms with Crippen LogP contribution >= 0.6 is 11.3 Å². The van der Waals surface area contributed by atoms with Crippen LogP contribution in [0.15, 0.2) is 59.0 Å². The fourth-order valence-electron chi connectivity index (χ4n) is 2.77. The van der Waals surface area contributed by atoms with Gasteiger partial charge in [0.1, 0.15) is 11.3 Å². The Labute approximate surface area is 152 Å². The number of hydrogen-bond acceptors (Lipinski definition) is 5. The Kier molecular flexibility index (Phi) is 4.14. The zero-order chi connectivity index (χ0) is 18.1. The Bertz CT molecular complexity index is 1180. The molecule has 0 aliphatic carbocycles. The van der Waals surface area contributed by atoms with Gasteiger partial charge in [0.2, 0.25) is 0 Å². The van der Waals surface area contributed by atoms with Crippen molar-refractivity contribution >= 4 is 33.0 Å². The van der Waals surface area contributed by atoms with Crippen LogP contribution in [0.3, 0.4) is 0 Å². The van der Waals surface area contributed by atoms with Gasteiger partial charge in [-0.05, 0) is 34.5 Å². The monoisotopic (exact) mass is 365 g/mol. The minimum Gasteiger partial charge on any atom is -0.497 e. The van der Waals surface area contributed by atoms with E-state index < -0.39 is 5.91 Å². The number of hydrogen-bond donors (Lipinski definition) is 1. The van der Waals surface area contributed by atoms with E-state index in [1.807, 2.05) is 36.4 Å². The third-order valence-corrected chi connectivity index (χ3v) is 4.92. The molecule has 0 spiro atoms. The molecule has 130 valence electrons. The van der Waals surface area contributed by atoms with Gasteiger partial charge in [-0.2, -0.15) is 0 Å². The molecule has 0 saturated carbocycles. The minimum absolute atomic E-state index is 0.0337. The van der Waals surface area contributed by atoms with Crippen molar-refractivity contribution in [1.29, 1.82) is 0 Å². The van der Waals surface area contributed by atoms with E-state index in [-0.39, 0.29) is 11.1 Å². The van der Waals surface area contributed by atoms with Crippen molar-refractivity contribution < 1.29 is 9.53 Å². The van der Waals surface area contributed by atoms with Crippen LogP contribution in [-0.2, 0) is 6.54 Å². The lowest BCUT2D eigenvalue weighted by molar-refractivity contribution is 0.0949. The number of benzene rings is 2. The number of nitrogens with zero attached hydrogens (tertiary/aromatic N) is 2. The molecule has 7 heteroatoms. The highest BCUT2D eigenvalue weighted by Gasteiger charge is 2.13. The molecule has 2 heterocycles. The van der Waals surface area contributed by atoms with Crippen LogP contribution in [0.2, 0.25) is 0 Å². The topological polar surface area (TPSA) is 72.7 Å². The lowest BCUT2D eigenvalue weighted by Crippen LogP contribution is -2.30. The van der Waals surface area contributed by atoms with Gasteiger partial charge in [0.15, 0.2) is 4.96 Å². The average Bonchev–Trinajstić information content (AvgIpc) is 3.15. The number of ether oxygens (including phenoxy) is 1. The molecule has 0 radical (unpaired) electrons. The smallest absolute Gasteiger partial charge is 0.271 e. The van der Waals surface area contributed by atoms with Gasteiger partial charge in [-0.3, -0.25) is 14.0 Å². The summed E-state index contributed by atoms with van der Waals surface area (Å²) in [5, 5.41) is 6.66. The number of carbonyl (C=O) groups is 1. The fraction of sp³-hybridized carbons (Fsp3) is 0.105. The first kappa shape index (κ1) is 16.3. The SMILES string of the molecule is COc1ccc2cc(CNC(=O)c3cnc4sccn4c3=O)ccc2c1. The molecular formula is C19H15N3O3S. The first-order valence-electron chi connectivity index (χ1n) is 7.95. The van der Waals surface area contributed by atoms with Crippen LogP contribution < -0.4 is 15.6 Å². The zero-order valence-electron chi connectivity index (χ0n) is 13.9. The minimum atomic E-state index is -0.432.